The Hall–Kier alpha value is -0.910. The minimum Gasteiger partial charge on any atom is -0.387 e. The first-order chi connectivity index (χ1) is 8.78. The molecule has 0 bridgehead atoms. The fourth-order valence-electron chi connectivity index (χ4n) is 1.62. The summed E-state index contributed by atoms with van der Waals surface area (Å²) in [5, 5.41) is 15.8. The van der Waals surface area contributed by atoms with E-state index in [1.54, 1.807) is 0 Å². The summed E-state index contributed by atoms with van der Waals surface area (Å²) in [4.78, 5) is 11.6. The summed E-state index contributed by atoms with van der Waals surface area (Å²) in [5.74, 6) is -0.0751. The molecule has 0 saturated carbocycles. The largest absolute Gasteiger partial charge is 0.387 e. The standard InChI is InChI=1S/C14H21BrN2O2/c1-14(2,3)17-13(19)9-16-8-12(18)10-5-4-6-11(15)7-10/h4-7,12,16,18H,8-9H2,1-3H3,(H,17,19). The second-order valence-electron chi connectivity index (χ2n) is 5.50. The van der Waals surface area contributed by atoms with Crippen LogP contribution in [0.2, 0.25) is 0 Å². The molecule has 0 aliphatic carbocycles. The zero-order chi connectivity index (χ0) is 14.5. The number of nitrogens with one attached hydrogen (secondary N) is 2. The van der Waals surface area contributed by atoms with Gasteiger partial charge in [0.1, 0.15) is 0 Å². The number of hydrogen-bond acceptors (Lipinski definition) is 3. The van der Waals surface area contributed by atoms with Gasteiger partial charge in [0, 0.05) is 16.6 Å². The van der Waals surface area contributed by atoms with Gasteiger partial charge in [0.2, 0.25) is 5.91 Å². The first-order valence-corrected chi connectivity index (χ1v) is 7.02. The van der Waals surface area contributed by atoms with Crippen molar-refractivity contribution in [3.05, 3.63) is 34.3 Å². The molecule has 0 spiro atoms. The molecule has 1 amide bonds. The van der Waals surface area contributed by atoms with E-state index in [9.17, 15) is 9.90 Å². The van der Waals surface area contributed by atoms with Gasteiger partial charge in [-0.15, -0.1) is 0 Å². The summed E-state index contributed by atoms with van der Waals surface area (Å²) in [5.41, 5.74) is 0.583. The normalized spacial score (nSPS) is 13.1. The first-order valence-electron chi connectivity index (χ1n) is 6.23. The summed E-state index contributed by atoms with van der Waals surface area (Å²) in [7, 11) is 0. The van der Waals surface area contributed by atoms with Gasteiger partial charge in [0.05, 0.1) is 12.6 Å². The number of aliphatic hydroxyl groups excluding tert-OH is 1. The average molecular weight is 329 g/mol. The fraction of sp³-hybridized carbons (Fsp3) is 0.500. The first kappa shape index (κ1) is 16.1. The molecule has 0 radical (unpaired) electrons. The maximum absolute atomic E-state index is 11.6. The molecular weight excluding hydrogens is 308 g/mol. The predicted molar refractivity (Wildman–Crippen MR) is 79.9 cm³/mol. The van der Waals surface area contributed by atoms with Crippen LogP contribution in [0.1, 0.15) is 32.4 Å². The topological polar surface area (TPSA) is 61.4 Å². The molecule has 3 N–H and O–H groups in total. The van der Waals surface area contributed by atoms with Crippen LogP contribution in [0.3, 0.4) is 0 Å². The number of halogens is 1. The molecule has 4 nitrogen and oxygen atoms in total. The van der Waals surface area contributed by atoms with E-state index >= 15 is 0 Å². The molecule has 1 atom stereocenters. The molecule has 5 heteroatoms. The molecule has 106 valence electrons. The van der Waals surface area contributed by atoms with Crippen LogP contribution in [0.4, 0.5) is 0 Å². The van der Waals surface area contributed by atoms with E-state index in [4.69, 9.17) is 0 Å². The van der Waals surface area contributed by atoms with Gasteiger partial charge in [0.15, 0.2) is 0 Å². The summed E-state index contributed by atoms with van der Waals surface area (Å²) in [6.07, 6.45) is -0.625. The highest BCUT2D eigenvalue weighted by Gasteiger charge is 2.14. The van der Waals surface area contributed by atoms with Crippen LogP contribution in [0.25, 0.3) is 0 Å². The van der Waals surface area contributed by atoms with Gasteiger partial charge in [-0.2, -0.15) is 0 Å². The molecule has 1 aromatic rings. The number of rotatable bonds is 5. The van der Waals surface area contributed by atoms with Gasteiger partial charge in [-0.1, -0.05) is 28.1 Å². The van der Waals surface area contributed by atoms with Crippen molar-refractivity contribution in [3.8, 4) is 0 Å². The molecule has 1 aromatic carbocycles. The van der Waals surface area contributed by atoms with E-state index in [1.807, 2.05) is 45.0 Å². The quantitative estimate of drug-likeness (QED) is 0.774. The van der Waals surface area contributed by atoms with Crippen molar-refractivity contribution in [3.63, 3.8) is 0 Å². The SMILES string of the molecule is CC(C)(C)NC(=O)CNCC(O)c1cccc(Br)c1. The molecule has 1 unspecified atom stereocenters. The second-order valence-corrected chi connectivity index (χ2v) is 6.42. The average Bonchev–Trinajstić information content (AvgIpc) is 2.26. The van der Waals surface area contributed by atoms with Crippen molar-refractivity contribution < 1.29 is 9.90 Å². The van der Waals surface area contributed by atoms with Crippen molar-refractivity contribution in [2.24, 2.45) is 0 Å². The van der Waals surface area contributed by atoms with Gasteiger partial charge in [-0.05, 0) is 38.5 Å². The number of hydrogen-bond donors (Lipinski definition) is 3. The Morgan fingerprint density at radius 2 is 2.11 bits per heavy atom. The van der Waals surface area contributed by atoms with Crippen molar-refractivity contribution in [2.45, 2.75) is 32.4 Å². The van der Waals surface area contributed by atoms with Crippen LogP contribution in [0, 0.1) is 0 Å². The van der Waals surface area contributed by atoms with Crippen molar-refractivity contribution >= 4 is 21.8 Å². The fourth-order valence-corrected chi connectivity index (χ4v) is 2.03. The summed E-state index contributed by atoms with van der Waals surface area (Å²) in [6, 6.07) is 7.49. The highest BCUT2D eigenvalue weighted by molar-refractivity contribution is 9.10. The number of carbonyl (C=O) groups is 1. The Labute approximate surface area is 122 Å². The van der Waals surface area contributed by atoms with Crippen LogP contribution in [0.5, 0.6) is 0 Å². The lowest BCUT2D eigenvalue weighted by Gasteiger charge is -2.21. The minimum atomic E-state index is -0.625. The van der Waals surface area contributed by atoms with Crippen molar-refractivity contribution in [1.29, 1.82) is 0 Å². The van der Waals surface area contributed by atoms with Gasteiger partial charge in [0.25, 0.3) is 0 Å². The van der Waals surface area contributed by atoms with E-state index in [1.165, 1.54) is 0 Å². The van der Waals surface area contributed by atoms with Crippen molar-refractivity contribution in [2.75, 3.05) is 13.1 Å². The molecular formula is C14H21BrN2O2. The molecule has 19 heavy (non-hydrogen) atoms. The zero-order valence-corrected chi connectivity index (χ0v) is 13.1. The van der Waals surface area contributed by atoms with E-state index in [2.05, 4.69) is 26.6 Å². The lowest BCUT2D eigenvalue weighted by molar-refractivity contribution is -0.121. The monoisotopic (exact) mass is 328 g/mol. The van der Waals surface area contributed by atoms with E-state index < -0.39 is 6.10 Å². The maximum Gasteiger partial charge on any atom is 0.234 e. The Balaban J connectivity index is 2.35. The number of amides is 1. The van der Waals surface area contributed by atoms with Crippen LogP contribution in [-0.2, 0) is 4.79 Å². The highest BCUT2D eigenvalue weighted by atomic mass is 79.9. The highest BCUT2D eigenvalue weighted by Crippen LogP contribution is 2.17. The molecule has 1 rings (SSSR count). The Morgan fingerprint density at radius 1 is 1.42 bits per heavy atom. The molecule has 0 aliphatic rings. The van der Waals surface area contributed by atoms with Gasteiger partial charge < -0.3 is 15.7 Å². The Morgan fingerprint density at radius 3 is 2.68 bits per heavy atom. The lowest BCUT2D eigenvalue weighted by atomic mass is 10.1. The van der Waals surface area contributed by atoms with Crippen LogP contribution < -0.4 is 10.6 Å². The number of carbonyl (C=O) groups excluding carboxylic acids is 1. The van der Waals surface area contributed by atoms with Gasteiger partial charge in [-0.25, -0.2) is 0 Å². The van der Waals surface area contributed by atoms with Gasteiger partial charge >= 0.3 is 0 Å². The summed E-state index contributed by atoms with van der Waals surface area (Å²) >= 11 is 3.36. The van der Waals surface area contributed by atoms with E-state index in [0.29, 0.717) is 6.54 Å². The molecule has 0 heterocycles. The van der Waals surface area contributed by atoms with Gasteiger partial charge in [-0.3, -0.25) is 4.79 Å². The molecule has 0 aromatic heterocycles. The third kappa shape index (κ3) is 6.71. The molecule has 0 fully saturated rings. The Bertz CT molecular complexity index is 430. The summed E-state index contributed by atoms with van der Waals surface area (Å²) < 4.78 is 0.925. The van der Waals surface area contributed by atoms with Crippen molar-refractivity contribution in [1.82, 2.24) is 10.6 Å². The third-order valence-corrected chi connectivity index (χ3v) is 2.86. The summed E-state index contributed by atoms with van der Waals surface area (Å²) in [6.45, 7) is 6.33. The van der Waals surface area contributed by atoms with E-state index in [0.717, 1.165) is 10.0 Å². The number of benzene rings is 1. The predicted octanol–water partition coefficient (Wildman–Crippen LogP) is 1.99. The van der Waals surface area contributed by atoms with Crippen LogP contribution in [-0.4, -0.2) is 29.6 Å². The molecule has 0 aliphatic heterocycles. The minimum absolute atomic E-state index is 0.0751. The maximum atomic E-state index is 11.6. The van der Waals surface area contributed by atoms with E-state index in [-0.39, 0.29) is 18.0 Å². The molecule has 0 saturated heterocycles. The third-order valence-electron chi connectivity index (χ3n) is 2.37. The smallest absolute Gasteiger partial charge is 0.234 e. The van der Waals surface area contributed by atoms with Crippen LogP contribution in [0.15, 0.2) is 28.7 Å². The lowest BCUT2D eigenvalue weighted by Crippen LogP contribution is -2.45. The Kier molecular flexibility index (Phi) is 5.97. The number of aliphatic hydroxyl groups is 1. The second kappa shape index (κ2) is 7.03. The zero-order valence-electron chi connectivity index (χ0n) is 11.5. The van der Waals surface area contributed by atoms with Crippen LogP contribution >= 0.6 is 15.9 Å².